The predicted octanol–water partition coefficient (Wildman–Crippen LogP) is 4.15. The summed E-state index contributed by atoms with van der Waals surface area (Å²) in [5.74, 6) is 0. The summed E-state index contributed by atoms with van der Waals surface area (Å²) in [5.41, 5.74) is 11.4. The normalized spacial score (nSPS) is 10.4. The third-order valence-electron chi connectivity index (χ3n) is 3.03. The summed E-state index contributed by atoms with van der Waals surface area (Å²) in [6, 6.07) is 8.06. The summed E-state index contributed by atoms with van der Waals surface area (Å²) >= 11 is 8.66. The number of aryl methyl sites for hydroxylation is 3. The van der Waals surface area contributed by atoms with E-state index in [2.05, 4.69) is 33.2 Å². The van der Waals surface area contributed by atoms with Crippen LogP contribution in [-0.2, 0) is 0 Å². The Hall–Kier alpha value is -1.46. The van der Waals surface area contributed by atoms with Crippen molar-refractivity contribution in [3.8, 4) is 0 Å². The van der Waals surface area contributed by atoms with Crippen molar-refractivity contribution in [3.05, 3.63) is 51.3 Å². The molecule has 0 saturated heterocycles. The van der Waals surface area contributed by atoms with E-state index in [1.807, 2.05) is 38.1 Å². The second-order valence-corrected chi connectivity index (χ2v) is 6.02. The average Bonchev–Trinajstić information content (AvgIpc) is 2.32. The number of anilines is 2. The highest BCUT2D eigenvalue weighted by Gasteiger charge is 2.11. The number of rotatable bonds is 3. The highest BCUT2D eigenvalue weighted by atomic mass is 79.9. The van der Waals surface area contributed by atoms with E-state index in [4.69, 9.17) is 18.0 Å². The summed E-state index contributed by atoms with van der Waals surface area (Å²) in [6.07, 6.45) is 0. The van der Waals surface area contributed by atoms with Gasteiger partial charge in [0.2, 0.25) is 0 Å². The van der Waals surface area contributed by atoms with Crippen LogP contribution >= 0.6 is 28.1 Å². The Morgan fingerprint density at radius 1 is 1.25 bits per heavy atom. The van der Waals surface area contributed by atoms with Crippen molar-refractivity contribution in [1.82, 2.24) is 4.98 Å². The molecular formula is C15H16BrN3S. The summed E-state index contributed by atoms with van der Waals surface area (Å²) in [7, 11) is 0. The molecule has 104 valence electrons. The molecule has 0 atom stereocenters. The first-order valence-corrected chi connectivity index (χ1v) is 7.40. The Labute approximate surface area is 132 Å². The molecule has 1 heterocycles. The minimum absolute atomic E-state index is 0.351. The smallest absolute Gasteiger partial charge is 0.107 e. The number of nitrogens with zero attached hydrogens (tertiary/aromatic N) is 1. The number of nitrogens with two attached hydrogens (primary N) is 1. The Morgan fingerprint density at radius 3 is 2.55 bits per heavy atom. The van der Waals surface area contributed by atoms with E-state index in [-0.39, 0.29) is 0 Å². The van der Waals surface area contributed by atoms with Gasteiger partial charge >= 0.3 is 0 Å². The highest BCUT2D eigenvalue weighted by molar-refractivity contribution is 9.10. The molecule has 0 aliphatic rings. The fourth-order valence-corrected chi connectivity index (χ4v) is 2.70. The fraction of sp³-hybridized carbons (Fsp3) is 0.200. The number of hydrogen-bond acceptors (Lipinski definition) is 3. The van der Waals surface area contributed by atoms with Gasteiger partial charge in [0.15, 0.2) is 0 Å². The van der Waals surface area contributed by atoms with Crippen molar-refractivity contribution in [1.29, 1.82) is 0 Å². The first-order valence-electron chi connectivity index (χ1n) is 6.19. The van der Waals surface area contributed by atoms with Crippen molar-refractivity contribution in [3.63, 3.8) is 0 Å². The molecule has 0 bridgehead atoms. The molecule has 0 aliphatic carbocycles. The molecule has 20 heavy (non-hydrogen) atoms. The monoisotopic (exact) mass is 349 g/mol. The molecule has 0 fully saturated rings. The number of halogens is 1. The van der Waals surface area contributed by atoms with Crippen molar-refractivity contribution in [2.24, 2.45) is 5.73 Å². The second-order valence-electron chi connectivity index (χ2n) is 4.72. The van der Waals surface area contributed by atoms with E-state index >= 15 is 0 Å². The summed E-state index contributed by atoms with van der Waals surface area (Å²) < 4.78 is 1.06. The van der Waals surface area contributed by atoms with Gasteiger partial charge in [-0.1, -0.05) is 34.2 Å². The van der Waals surface area contributed by atoms with Crippen molar-refractivity contribution < 1.29 is 0 Å². The average molecular weight is 350 g/mol. The molecule has 0 amide bonds. The molecule has 0 spiro atoms. The van der Waals surface area contributed by atoms with Crippen LogP contribution in [0.1, 0.15) is 22.5 Å². The first-order chi connectivity index (χ1) is 9.38. The number of pyridine rings is 1. The molecule has 0 unspecified atom stereocenters. The SMILES string of the molecule is Cc1cc(Nc2ccc(C)c(Br)c2)c(C(N)=S)c(C)n1. The van der Waals surface area contributed by atoms with Crippen LogP contribution in [-0.4, -0.2) is 9.97 Å². The molecule has 1 aromatic heterocycles. The van der Waals surface area contributed by atoms with Gasteiger partial charge in [0.25, 0.3) is 0 Å². The third-order valence-corrected chi connectivity index (χ3v) is 4.08. The quantitative estimate of drug-likeness (QED) is 0.817. The minimum atomic E-state index is 0.351. The largest absolute Gasteiger partial charge is 0.389 e. The van der Waals surface area contributed by atoms with Gasteiger partial charge in [-0.25, -0.2) is 0 Å². The van der Waals surface area contributed by atoms with Crippen molar-refractivity contribution >= 4 is 44.5 Å². The van der Waals surface area contributed by atoms with Crippen LogP contribution in [0.15, 0.2) is 28.7 Å². The van der Waals surface area contributed by atoms with E-state index in [9.17, 15) is 0 Å². The van der Waals surface area contributed by atoms with E-state index in [1.165, 1.54) is 5.56 Å². The Kier molecular flexibility index (Phi) is 4.40. The van der Waals surface area contributed by atoms with Gasteiger partial charge in [-0.2, -0.15) is 0 Å². The number of hydrogen-bond donors (Lipinski definition) is 2. The molecule has 0 radical (unpaired) electrons. The lowest BCUT2D eigenvalue weighted by Gasteiger charge is -2.15. The zero-order valence-electron chi connectivity index (χ0n) is 11.6. The maximum absolute atomic E-state index is 5.82. The number of thiocarbonyl (C=S) groups is 1. The molecule has 5 heteroatoms. The van der Waals surface area contributed by atoms with Crippen LogP contribution in [0, 0.1) is 20.8 Å². The molecule has 0 aliphatic heterocycles. The van der Waals surface area contributed by atoms with Crippen LogP contribution < -0.4 is 11.1 Å². The standard InChI is InChI=1S/C15H16BrN3S/c1-8-4-5-11(7-12(8)16)19-13-6-9(2)18-10(3)14(13)15(17)20/h4-7H,1-3H3,(H2,17,20)(H,18,19). The first kappa shape index (κ1) is 14.9. The van der Waals surface area contributed by atoms with Gasteiger partial charge in [-0.15, -0.1) is 0 Å². The van der Waals surface area contributed by atoms with Gasteiger partial charge in [-0.3, -0.25) is 4.98 Å². The van der Waals surface area contributed by atoms with E-state index in [1.54, 1.807) is 0 Å². The van der Waals surface area contributed by atoms with Crippen molar-refractivity contribution in [2.75, 3.05) is 5.32 Å². The predicted molar refractivity (Wildman–Crippen MR) is 91.8 cm³/mol. The van der Waals surface area contributed by atoms with Gasteiger partial charge in [0.05, 0.1) is 11.3 Å². The van der Waals surface area contributed by atoms with Gasteiger partial charge < -0.3 is 11.1 Å². The Bertz CT molecular complexity index is 683. The summed E-state index contributed by atoms with van der Waals surface area (Å²) in [6.45, 7) is 5.92. The lowest BCUT2D eigenvalue weighted by atomic mass is 10.1. The van der Waals surface area contributed by atoms with E-state index in [0.29, 0.717) is 4.99 Å². The van der Waals surface area contributed by atoms with Gasteiger partial charge in [0, 0.05) is 21.5 Å². The lowest BCUT2D eigenvalue weighted by molar-refractivity contribution is 1.12. The molecule has 3 nitrogen and oxygen atoms in total. The molecule has 2 aromatic rings. The zero-order chi connectivity index (χ0) is 14.9. The summed E-state index contributed by atoms with van der Waals surface area (Å²) in [4.78, 5) is 4.76. The molecular weight excluding hydrogens is 334 g/mol. The second kappa shape index (κ2) is 5.89. The van der Waals surface area contributed by atoms with Crippen LogP contribution in [0.4, 0.5) is 11.4 Å². The summed E-state index contributed by atoms with van der Waals surface area (Å²) in [5, 5.41) is 3.37. The fourth-order valence-electron chi connectivity index (χ4n) is 2.06. The topological polar surface area (TPSA) is 50.9 Å². The third kappa shape index (κ3) is 3.16. The van der Waals surface area contributed by atoms with Crippen LogP contribution in [0.25, 0.3) is 0 Å². The van der Waals surface area contributed by atoms with Gasteiger partial charge in [0.1, 0.15) is 4.99 Å². The van der Waals surface area contributed by atoms with Crippen molar-refractivity contribution in [2.45, 2.75) is 20.8 Å². The van der Waals surface area contributed by atoms with E-state index in [0.717, 1.165) is 32.8 Å². The van der Waals surface area contributed by atoms with Crippen LogP contribution in [0.3, 0.4) is 0 Å². The minimum Gasteiger partial charge on any atom is -0.389 e. The number of nitrogens with one attached hydrogen (secondary N) is 1. The lowest BCUT2D eigenvalue weighted by Crippen LogP contribution is -2.15. The molecule has 1 aromatic carbocycles. The maximum Gasteiger partial charge on any atom is 0.107 e. The Balaban J connectivity index is 2.47. The highest BCUT2D eigenvalue weighted by Crippen LogP contribution is 2.27. The molecule has 0 saturated carbocycles. The van der Waals surface area contributed by atoms with Crippen LogP contribution in [0.5, 0.6) is 0 Å². The zero-order valence-corrected chi connectivity index (χ0v) is 14.0. The van der Waals surface area contributed by atoms with E-state index < -0.39 is 0 Å². The molecule has 3 N–H and O–H groups in total. The number of benzene rings is 1. The number of aromatic nitrogens is 1. The maximum atomic E-state index is 5.82. The van der Waals surface area contributed by atoms with Gasteiger partial charge in [-0.05, 0) is 44.5 Å². The molecule has 2 rings (SSSR count). The van der Waals surface area contributed by atoms with Crippen LogP contribution in [0.2, 0.25) is 0 Å². The Morgan fingerprint density at radius 2 is 1.95 bits per heavy atom.